The van der Waals surface area contributed by atoms with Crippen LogP contribution < -0.4 is 5.32 Å². The quantitative estimate of drug-likeness (QED) is 0.787. The first kappa shape index (κ1) is 10.8. The molecule has 2 heterocycles. The van der Waals surface area contributed by atoms with Crippen molar-refractivity contribution < 1.29 is 14.6 Å². The first-order valence-electron chi connectivity index (χ1n) is 5.10. The summed E-state index contributed by atoms with van der Waals surface area (Å²) < 4.78 is 5.39. The summed E-state index contributed by atoms with van der Waals surface area (Å²) in [6.07, 6.45) is 3.73. The van der Waals surface area contributed by atoms with Crippen molar-refractivity contribution in [1.29, 1.82) is 0 Å². The maximum atomic E-state index is 10.6. The second kappa shape index (κ2) is 4.44. The molecule has 2 N–H and O–H groups in total. The van der Waals surface area contributed by atoms with Crippen molar-refractivity contribution in [3.05, 3.63) is 18.1 Å². The lowest BCUT2D eigenvalue weighted by Crippen LogP contribution is -2.27. The molecule has 2 atom stereocenters. The van der Waals surface area contributed by atoms with Crippen LogP contribution in [-0.2, 0) is 4.74 Å². The third-order valence-electron chi connectivity index (χ3n) is 2.58. The monoisotopic (exact) mass is 223 g/mol. The van der Waals surface area contributed by atoms with Crippen LogP contribution in [-0.4, -0.2) is 39.8 Å². The van der Waals surface area contributed by atoms with E-state index in [0.717, 1.165) is 13.0 Å². The number of nitrogens with zero attached hydrogens (tertiary/aromatic N) is 2. The molecule has 1 aliphatic rings. The van der Waals surface area contributed by atoms with Gasteiger partial charge >= 0.3 is 5.97 Å². The van der Waals surface area contributed by atoms with Crippen molar-refractivity contribution in [2.45, 2.75) is 25.5 Å². The standard InChI is InChI=1S/C10H13N3O3/c1-6-7(2-3-16-6)13-9-5-11-8(4-12-9)10(14)15/h4-7H,2-3H2,1H3,(H,12,13)(H,14,15). The molecule has 0 radical (unpaired) electrons. The van der Waals surface area contributed by atoms with Gasteiger partial charge in [-0.1, -0.05) is 0 Å². The highest BCUT2D eigenvalue weighted by Gasteiger charge is 2.24. The van der Waals surface area contributed by atoms with Crippen molar-refractivity contribution in [3.63, 3.8) is 0 Å². The molecule has 6 heteroatoms. The topological polar surface area (TPSA) is 84.3 Å². The van der Waals surface area contributed by atoms with Gasteiger partial charge in [-0.2, -0.15) is 0 Å². The molecule has 0 bridgehead atoms. The number of anilines is 1. The molecule has 0 aromatic carbocycles. The van der Waals surface area contributed by atoms with E-state index in [2.05, 4.69) is 15.3 Å². The zero-order valence-electron chi connectivity index (χ0n) is 8.88. The van der Waals surface area contributed by atoms with Crippen LogP contribution in [0.1, 0.15) is 23.8 Å². The molecule has 2 unspecified atom stereocenters. The number of rotatable bonds is 3. The molecule has 0 aliphatic carbocycles. The molecule has 1 aliphatic heterocycles. The summed E-state index contributed by atoms with van der Waals surface area (Å²) >= 11 is 0. The minimum atomic E-state index is -1.07. The Morgan fingerprint density at radius 3 is 2.88 bits per heavy atom. The largest absolute Gasteiger partial charge is 0.476 e. The van der Waals surface area contributed by atoms with Crippen molar-refractivity contribution in [2.24, 2.45) is 0 Å². The minimum absolute atomic E-state index is 0.0544. The molecular weight excluding hydrogens is 210 g/mol. The van der Waals surface area contributed by atoms with E-state index in [4.69, 9.17) is 9.84 Å². The fraction of sp³-hybridized carbons (Fsp3) is 0.500. The Balaban J connectivity index is 2.02. The number of hydrogen-bond donors (Lipinski definition) is 2. The molecule has 1 aromatic rings. The fourth-order valence-corrected chi connectivity index (χ4v) is 1.62. The molecule has 0 spiro atoms. The number of ether oxygens (including phenoxy) is 1. The Morgan fingerprint density at radius 1 is 1.56 bits per heavy atom. The van der Waals surface area contributed by atoms with Gasteiger partial charge in [0.15, 0.2) is 5.69 Å². The Bertz CT molecular complexity index is 379. The second-order valence-corrected chi connectivity index (χ2v) is 3.71. The van der Waals surface area contributed by atoms with Gasteiger partial charge in [-0.25, -0.2) is 14.8 Å². The molecule has 2 rings (SSSR count). The molecule has 6 nitrogen and oxygen atoms in total. The van der Waals surface area contributed by atoms with Crippen LogP contribution in [0.15, 0.2) is 12.4 Å². The van der Waals surface area contributed by atoms with Crippen molar-refractivity contribution in [1.82, 2.24) is 9.97 Å². The Labute approximate surface area is 92.7 Å². The Kier molecular flexibility index (Phi) is 3.00. The molecule has 0 saturated carbocycles. The Hall–Kier alpha value is -1.69. The summed E-state index contributed by atoms with van der Waals surface area (Å²) in [5.41, 5.74) is -0.0544. The third-order valence-corrected chi connectivity index (χ3v) is 2.58. The van der Waals surface area contributed by atoms with E-state index < -0.39 is 5.97 Å². The fourth-order valence-electron chi connectivity index (χ4n) is 1.62. The van der Waals surface area contributed by atoms with Crippen LogP contribution in [0.4, 0.5) is 5.82 Å². The Morgan fingerprint density at radius 2 is 2.38 bits per heavy atom. The summed E-state index contributed by atoms with van der Waals surface area (Å²) in [5.74, 6) is -0.496. The molecule has 1 saturated heterocycles. The van der Waals surface area contributed by atoms with Gasteiger partial charge in [-0.05, 0) is 13.3 Å². The van der Waals surface area contributed by atoms with E-state index in [0.29, 0.717) is 5.82 Å². The molecule has 1 fully saturated rings. The van der Waals surface area contributed by atoms with Crippen molar-refractivity contribution in [3.8, 4) is 0 Å². The SMILES string of the molecule is CC1OCCC1Nc1cnc(C(=O)O)cn1. The molecule has 16 heavy (non-hydrogen) atoms. The van der Waals surface area contributed by atoms with Crippen LogP contribution in [0.25, 0.3) is 0 Å². The van der Waals surface area contributed by atoms with Crippen LogP contribution in [0.5, 0.6) is 0 Å². The van der Waals surface area contributed by atoms with Gasteiger partial charge in [0.1, 0.15) is 5.82 Å². The van der Waals surface area contributed by atoms with E-state index in [1.165, 1.54) is 12.4 Å². The smallest absolute Gasteiger partial charge is 0.356 e. The minimum Gasteiger partial charge on any atom is -0.476 e. The van der Waals surface area contributed by atoms with E-state index >= 15 is 0 Å². The zero-order valence-corrected chi connectivity index (χ0v) is 8.88. The van der Waals surface area contributed by atoms with E-state index in [1.54, 1.807) is 0 Å². The first-order chi connectivity index (χ1) is 7.66. The van der Waals surface area contributed by atoms with E-state index in [1.807, 2.05) is 6.92 Å². The molecular formula is C10H13N3O3. The predicted octanol–water partition coefficient (Wildman–Crippen LogP) is 0.764. The molecule has 86 valence electrons. The molecule has 0 amide bonds. The number of aromatic carboxylic acids is 1. The number of hydrogen-bond acceptors (Lipinski definition) is 5. The van der Waals surface area contributed by atoms with Gasteiger partial charge in [-0.15, -0.1) is 0 Å². The van der Waals surface area contributed by atoms with Crippen LogP contribution in [0.3, 0.4) is 0 Å². The van der Waals surface area contributed by atoms with Crippen LogP contribution in [0, 0.1) is 0 Å². The third kappa shape index (κ3) is 2.27. The highest BCUT2D eigenvalue weighted by Crippen LogP contribution is 2.16. The summed E-state index contributed by atoms with van der Waals surface area (Å²) in [6, 6.07) is 0.213. The normalized spacial score (nSPS) is 24.3. The highest BCUT2D eigenvalue weighted by atomic mass is 16.5. The van der Waals surface area contributed by atoms with Gasteiger partial charge in [-0.3, -0.25) is 0 Å². The van der Waals surface area contributed by atoms with Crippen LogP contribution in [0.2, 0.25) is 0 Å². The number of aromatic nitrogens is 2. The predicted molar refractivity (Wildman–Crippen MR) is 56.4 cm³/mol. The number of carbonyl (C=O) groups is 1. The lowest BCUT2D eigenvalue weighted by molar-refractivity contribution is 0.0690. The second-order valence-electron chi connectivity index (χ2n) is 3.71. The van der Waals surface area contributed by atoms with Gasteiger partial charge in [0.2, 0.25) is 0 Å². The van der Waals surface area contributed by atoms with Gasteiger partial charge < -0.3 is 15.2 Å². The number of nitrogens with one attached hydrogen (secondary N) is 1. The summed E-state index contributed by atoms with van der Waals surface area (Å²) in [4.78, 5) is 18.3. The van der Waals surface area contributed by atoms with Crippen LogP contribution >= 0.6 is 0 Å². The van der Waals surface area contributed by atoms with Gasteiger partial charge in [0, 0.05) is 6.61 Å². The molecule has 1 aromatic heterocycles. The lowest BCUT2D eigenvalue weighted by Gasteiger charge is -2.16. The first-order valence-corrected chi connectivity index (χ1v) is 5.10. The van der Waals surface area contributed by atoms with Gasteiger partial charge in [0.25, 0.3) is 0 Å². The van der Waals surface area contributed by atoms with E-state index in [-0.39, 0.29) is 17.8 Å². The summed E-state index contributed by atoms with van der Waals surface area (Å²) in [5, 5.41) is 11.8. The zero-order chi connectivity index (χ0) is 11.5. The van der Waals surface area contributed by atoms with E-state index in [9.17, 15) is 4.79 Å². The average Bonchev–Trinajstić information content (AvgIpc) is 2.65. The average molecular weight is 223 g/mol. The summed E-state index contributed by atoms with van der Waals surface area (Å²) in [7, 11) is 0. The van der Waals surface area contributed by atoms with Crippen molar-refractivity contribution in [2.75, 3.05) is 11.9 Å². The number of carboxylic acids is 1. The summed E-state index contributed by atoms with van der Waals surface area (Å²) in [6.45, 7) is 2.73. The number of carboxylic acid groups (broad SMARTS) is 1. The highest BCUT2D eigenvalue weighted by molar-refractivity contribution is 5.84. The van der Waals surface area contributed by atoms with Gasteiger partial charge in [0.05, 0.1) is 24.5 Å². The van der Waals surface area contributed by atoms with Crippen molar-refractivity contribution >= 4 is 11.8 Å². The maximum Gasteiger partial charge on any atom is 0.356 e. The maximum absolute atomic E-state index is 10.6. The lowest BCUT2D eigenvalue weighted by atomic mass is 10.1.